The molecule has 1 saturated heterocycles. The Bertz CT molecular complexity index is 104. The highest BCUT2D eigenvalue weighted by Crippen LogP contribution is 2.20. The first kappa shape index (κ1) is 9.01. The highest BCUT2D eigenvalue weighted by atomic mass is 15.2. The van der Waals surface area contributed by atoms with Gasteiger partial charge >= 0.3 is 0 Å². The molecule has 0 bridgehead atoms. The minimum atomic E-state index is 0.851. The molecule has 2 N–H and O–H groups in total. The van der Waals surface area contributed by atoms with Gasteiger partial charge in [0, 0.05) is 6.04 Å². The summed E-state index contributed by atoms with van der Waals surface area (Å²) >= 11 is 0. The number of nitrogens with two attached hydrogens (primary N) is 1. The first-order valence-corrected chi connectivity index (χ1v) is 4.82. The molecule has 1 heterocycles. The van der Waals surface area contributed by atoms with Gasteiger partial charge in [0.15, 0.2) is 0 Å². The van der Waals surface area contributed by atoms with Crippen LogP contribution in [0.5, 0.6) is 0 Å². The van der Waals surface area contributed by atoms with E-state index in [2.05, 4.69) is 11.8 Å². The van der Waals surface area contributed by atoms with E-state index in [4.69, 9.17) is 5.73 Å². The zero-order valence-electron chi connectivity index (χ0n) is 7.55. The average Bonchev–Trinajstić information content (AvgIpc) is 2.47. The van der Waals surface area contributed by atoms with Gasteiger partial charge in [0.05, 0.1) is 0 Å². The van der Waals surface area contributed by atoms with Crippen molar-refractivity contribution >= 4 is 0 Å². The molecule has 2 heteroatoms. The lowest BCUT2D eigenvalue weighted by molar-refractivity contribution is 0.253. The fourth-order valence-electron chi connectivity index (χ4n) is 1.99. The van der Waals surface area contributed by atoms with Crippen molar-refractivity contribution in [2.45, 2.75) is 38.6 Å². The van der Waals surface area contributed by atoms with E-state index in [0.717, 1.165) is 12.6 Å². The second-order valence-corrected chi connectivity index (χ2v) is 3.36. The van der Waals surface area contributed by atoms with E-state index in [1.54, 1.807) is 0 Å². The van der Waals surface area contributed by atoms with E-state index in [0.29, 0.717) is 0 Å². The van der Waals surface area contributed by atoms with Crippen molar-refractivity contribution in [3.63, 3.8) is 0 Å². The van der Waals surface area contributed by atoms with E-state index in [1.165, 1.54) is 38.8 Å². The summed E-state index contributed by atoms with van der Waals surface area (Å²) in [4.78, 5) is 2.58. The maximum Gasteiger partial charge on any atom is 0.00960 e. The Kier molecular flexibility index (Phi) is 3.87. The second kappa shape index (κ2) is 4.73. The minimum absolute atomic E-state index is 0.851. The van der Waals surface area contributed by atoms with E-state index in [9.17, 15) is 0 Å². The van der Waals surface area contributed by atoms with Crippen LogP contribution in [0.3, 0.4) is 0 Å². The lowest BCUT2D eigenvalue weighted by atomic mass is 10.1. The highest BCUT2D eigenvalue weighted by molar-refractivity contribution is 4.77. The predicted molar refractivity (Wildman–Crippen MR) is 48.6 cm³/mol. The Morgan fingerprint density at radius 1 is 1.55 bits per heavy atom. The number of rotatable bonds is 4. The Morgan fingerprint density at radius 3 is 3.00 bits per heavy atom. The molecule has 0 saturated carbocycles. The van der Waals surface area contributed by atoms with Crippen molar-refractivity contribution in [3.8, 4) is 0 Å². The molecule has 0 spiro atoms. The Hall–Kier alpha value is -0.0800. The SMILES string of the molecule is CCN1CCCC1CCCN. The quantitative estimate of drug-likeness (QED) is 0.663. The molecule has 1 fully saturated rings. The van der Waals surface area contributed by atoms with Crippen LogP contribution in [0.4, 0.5) is 0 Å². The summed E-state index contributed by atoms with van der Waals surface area (Å²) in [5.41, 5.74) is 5.48. The molecule has 0 aromatic carbocycles. The molecule has 0 amide bonds. The van der Waals surface area contributed by atoms with Crippen molar-refractivity contribution in [2.24, 2.45) is 5.73 Å². The summed E-state index contributed by atoms with van der Waals surface area (Å²) in [6.07, 6.45) is 5.29. The van der Waals surface area contributed by atoms with E-state index in [-0.39, 0.29) is 0 Å². The molecule has 1 aliphatic heterocycles. The molecule has 1 unspecified atom stereocenters. The van der Waals surface area contributed by atoms with Gasteiger partial charge in [-0.05, 0) is 45.3 Å². The van der Waals surface area contributed by atoms with Crippen molar-refractivity contribution in [3.05, 3.63) is 0 Å². The fraction of sp³-hybridized carbons (Fsp3) is 1.00. The number of hydrogen-bond donors (Lipinski definition) is 1. The third-order valence-electron chi connectivity index (χ3n) is 2.65. The van der Waals surface area contributed by atoms with Gasteiger partial charge in [-0.25, -0.2) is 0 Å². The van der Waals surface area contributed by atoms with Crippen LogP contribution in [-0.2, 0) is 0 Å². The first-order valence-electron chi connectivity index (χ1n) is 4.82. The summed E-state index contributed by atoms with van der Waals surface area (Å²) < 4.78 is 0. The maximum absolute atomic E-state index is 5.48. The predicted octanol–water partition coefficient (Wildman–Crippen LogP) is 1.21. The van der Waals surface area contributed by atoms with Gasteiger partial charge in [0.1, 0.15) is 0 Å². The van der Waals surface area contributed by atoms with Gasteiger partial charge in [0.25, 0.3) is 0 Å². The maximum atomic E-state index is 5.48. The molecular formula is C9H20N2. The summed E-state index contributed by atoms with van der Waals surface area (Å²) in [5, 5.41) is 0. The van der Waals surface area contributed by atoms with Gasteiger partial charge in [-0.15, -0.1) is 0 Å². The van der Waals surface area contributed by atoms with Crippen LogP contribution < -0.4 is 5.73 Å². The monoisotopic (exact) mass is 156 g/mol. The molecule has 2 nitrogen and oxygen atoms in total. The zero-order chi connectivity index (χ0) is 8.10. The zero-order valence-corrected chi connectivity index (χ0v) is 7.55. The average molecular weight is 156 g/mol. The van der Waals surface area contributed by atoms with E-state index < -0.39 is 0 Å². The van der Waals surface area contributed by atoms with Crippen LogP contribution in [0.1, 0.15) is 32.6 Å². The van der Waals surface area contributed by atoms with Crippen molar-refractivity contribution in [2.75, 3.05) is 19.6 Å². The summed E-state index contributed by atoms with van der Waals surface area (Å²) in [6.45, 7) is 5.63. The number of nitrogens with zero attached hydrogens (tertiary/aromatic N) is 1. The van der Waals surface area contributed by atoms with Gasteiger partial charge in [-0.1, -0.05) is 6.92 Å². The first-order chi connectivity index (χ1) is 5.38. The van der Waals surface area contributed by atoms with Crippen LogP contribution in [0.25, 0.3) is 0 Å². The largest absolute Gasteiger partial charge is 0.330 e. The molecule has 0 aromatic rings. The number of likely N-dealkylation sites (tertiary alicyclic amines) is 1. The summed E-state index contributed by atoms with van der Waals surface area (Å²) in [6, 6.07) is 0.851. The van der Waals surface area contributed by atoms with E-state index >= 15 is 0 Å². The lowest BCUT2D eigenvalue weighted by Gasteiger charge is -2.22. The molecule has 0 aromatic heterocycles. The Morgan fingerprint density at radius 2 is 2.36 bits per heavy atom. The summed E-state index contributed by atoms with van der Waals surface area (Å²) in [7, 11) is 0. The van der Waals surface area contributed by atoms with E-state index in [1.807, 2.05) is 0 Å². The van der Waals surface area contributed by atoms with Gasteiger partial charge in [-0.3, -0.25) is 0 Å². The molecule has 1 rings (SSSR count). The number of hydrogen-bond acceptors (Lipinski definition) is 2. The third-order valence-corrected chi connectivity index (χ3v) is 2.65. The van der Waals surface area contributed by atoms with Crippen LogP contribution in [0, 0.1) is 0 Å². The topological polar surface area (TPSA) is 29.3 Å². The standard InChI is InChI=1S/C9H20N2/c1-2-11-8-4-6-9(11)5-3-7-10/h9H,2-8,10H2,1H3. The van der Waals surface area contributed by atoms with Crippen LogP contribution in [0.2, 0.25) is 0 Å². The molecule has 1 atom stereocenters. The smallest absolute Gasteiger partial charge is 0.00960 e. The highest BCUT2D eigenvalue weighted by Gasteiger charge is 2.21. The Labute approximate surface area is 69.8 Å². The second-order valence-electron chi connectivity index (χ2n) is 3.36. The Balaban J connectivity index is 2.20. The molecule has 66 valence electrons. The van der Waals surface area contributed by atoms with Crippen LogP contribution >= 0.6 is 0 Å². The van der Waals surface area contributed by atoms with Crippen molar-refractivity contribution < 1.29 is 0 Å². The molecule has 1 aliphatic rings. The van der Waals surface area contributed by atoms with Gasteiger partial charge < -0.3 is 10.6 Å². The van der Waals surface area contributed by atoms with Gasteiger partial charge in [0.2, 0.25) is 0 Å². The lowest BCUT2D eigenvalue weighted by Crippen LogP contribution is -2.29. The fourth-order valence-corrected chi connectivity index (χ4v) is 1.99. The molecule has 11 heavy (non-hydrogen) atoms. The van der Waals surface area contributed by atoms with Crippen LogP contribution in [-0.4, -0.2) is 30.6 Å². The van der Waals surface area contributed by atoms with Crippen LogP contribution in [0.15, 0.2) is 0 Å². The molecule has 0 radical (unpaired) electrons. The van der Waals surface area contributed by atoms with Crippen molar-refractivity contribution in [1.82, 2.24) is 4.90 Å². The molecular weight excluding hydrogens is 136 g/mol. The molecule has 0 aliphatic carbocycles. The van der Waals surface area contributed by atoms with Crippen molar-refractivity contribution in [1.29, 1.82) is 0 Å². The normalized spacial score (nSPS) is 26.2. The summed E-state index contributed by atoms with van der Waals surface area (Å²) in [5.74, 6) is 0. The minimum Gasteiger partial charge on any atom is -0.330 e. The van der Waals surface area contributed by atoms with Gasteiger partial charge in [-0.2, -0.15) is 0 Å². The third kappa shape index (κ3) is 2.46.